The van der Waals surface area contributed by atoms with Crippen LogP contribution < -0.4 is 0 Å². The molecular weight excluding hydrogens is 324 g/mol. The fourth-order valence-corrected chi connectivity index (χ4v) is 3.53. The Bertz CT molecular complexity index is 689. The van der Waals surface area contributed by atoms with Crippen LogP contribution in [-0.2, 0) is 11.3 Å². The third-order valence-electron chi connectivity index (χ3n) is 5.12. The summed E-state index contributed by atoms with van der Waals surface area (Å²) in [5.41, 5.74) is 3.19. The number of rotatable bonds is 6. The number of amides is 2. The van der Waals surface area contributed by atoms with Gasteiger partial charge >= 0.3 is 0 Å². The van der Waals surface area contributed by atoms with Crippen molar-refractivity contribution in [1.82, 2.24) is 9.80 Å². The number of allylic oxidation sites excluding steroid dienone is 2. The van der Waals surface area contributed by atoms with Crippen LogP contribution in [0.5, 0.6) is 0 Å². The average molecular weight is 357 g/mol. The van der Waals surface area contributed by atoms with Gasteiger partial charge in [0, 0.05) is 39.2 Å². The average Bonchev–Trinajstić information content (AvgIpc) is 2.57. The lowest BCUT2D eigenvalue weighted by Crippen LogP contribution is -2.44. The third-order valence-corrected chi connectivity index (χ3v) is 5.12. The van der Waals surface area contributed by atoms with Gasteiger partial charge in [-0.15, -0.1) is 0 Å². The Morgan fingerprint density at radius 2 is 2.04 bits per heavy atom. The molecular formula is C22H32N2O2. The predicted octanol–water partition coefficient (Wildman–Crippen LogP) is 4.26. The van der Waals surface area contributed by atoms with Gasteiger partial charge in [0.05, 0.1) is 0 Å². The molecule has 4 nitrogen and oxygen atoms in total. The molecule has 0 N–H and O–H groups in total. The standard InChI is InChI=1S/C22H32N2O2/c1-17(2)8-7-12-22(3)13-11-20(25)24(16-22)15-18-9-6-10-19(14-18)21(26)23(4)5/h6,8-10,14H,7,11-13,15-16H2,1-5H3. The molecule has 0 saturated carbocycles. The Balaban J connectivity index is 2.07. The molecule has 1 heterocycles. The SMILES string of the molecule is CC(C)=CCCC1(C)CCC(=O)N(Cc2cccc(C(=O)N(C)C)c2)C1. The molecule has 1 fully saturated rings. The minimum Gasteiger partial charge on any atom is -0.345 e. The topological polar surface area (TPSA) is 40.6 Å². The van der Waals surface area contributed by atoms with Crippen molar-refractivity contribution in [3.8, 4) is 0 Å². The van der Waals surface area contributed by atoms with Crippen LogP contribution in [0.1, 0.15) is 62.4 Å². The molecule has 1 aliphatic rings. The second-order valence-corrected chi connectivity index (χ2v) is 8.28. The van der Waals surface area contributed by atoms with E-state index in [1.807, 2.05) is 29.2 Å². The number of hydrogen-bond acceptors (Lipinski definition) is 2. The molecule has 1 aromatic rings. The first kappa shape index (κ1) is 20.2. The van der Waals surface area contributed by atoms with Crippen LogP contribution in [-0.4, -0.2) is 42.3 Å². The first-order valence-electron chi connectivity index (χ1n) is 9.42. The zero-order valence-electron chi connectivity index (χ0n) is 16.8. The number of hydrogen-bond donors (Lipinski definition) is 0. The van der Waals surface area contributed by atoms with E-state index in [9.17, 15) is 9.59 Å². The van der Waals surface area contributed by atoms with E-state index in [1.54, 1.807) is 19.0 Å². The largest absolute Gasteiger partial charge is 0.345 e. The molecule has 142 valence electrons. The number of nitrogens with zero attached hydrogens (tertiary/aromatic N) is 2. The molecule has 0 spiro atoms. The monoisotopic (exact) mass is 356 g/mol. The van der Waals surface area contributed by atoms with Crippen LogP contribution in [0.4, 0.5) is 0 Å². The number of piperidine rings is 1. The normalized spacial score (nSPS) is 20.0. The highest BCUT2D eigenvalue weighted by atomic mass is 16.2. The minimum absolute atomic E-state index is 0.0108. The van der Waals surface area contributed by atoms with Gasteiger partial charge in [0.25, 0.3) is 5.91 Å². The van der Waals surface area contributed by atoms with Crippen molar-refractivity contribution in [1.29, 1.82) is 0 Å². The molecule has 2 amide bonds. The molecule has 1 atom stereocenters. The lowest BCUT2D eigenvalue weighted by Gasteiger charge is -2.40. The van der Waals surface area contributed by atoms with Crippen molar-refractivity contribution in [2.24, 2.45) is 5.41 Å². The number of carbonyl (C=O) groups is 2. The zero-order valence-corrected chi connectivity index (χ0v) is 16.8. The highest BCUT2D eigenvalue weighted by molar-refractivity contribution is 5.94. The van der Waals surface area contributed by atoms with Gasteiger partial charge in [-0.25, -0.2) is 0 Å². The van der Waals surface area contributed by atoms with E-state index in [-0.39, 0.29) is 17.2 Å². The summed E-state index contributed by atoms with van der Waals surface area (Å²) in [6.07, 6.45) is 6.01. The van der Waals surface area contributed by atoms with Crippen LogP contribution in [0.2, 0.25) is 0 Å². The molecule has 4 heteroatoms. The van der Waals surface area contributed by atoms with Crippen molar-refractivity contribution in [3.63, 3.8) is 0 Å². The number of benzene rings is 1. The Labute approximate surface area is 157 Å². The maximum Gasteiger partial charge on any atom is 0.253 e. The van der Waals surface area contributed by atoms with Crippen LogP contribution in [0, 0.1) is 5.41 Å². The molecule has 1 aliphatic heterocycles. The van der Waals surface area contributed by atoms with E-state index in [1.165, 1.54) is 5.57 Å². The summed E-state index contributed by atoms with van der Waals surface area (Å²) in [4.78, 5) is 28.1. The molecule has 1 aromatic carbocycles. The molecule has 1 unspecified atom stereocenters. The minimum atomic E-state index is -0.0108. The van der Waals surface area contributed by atoms with Crippen LogP contribution in [0.3, 0.4) is 0 Å². The van der Waals surface area contributed by atoms with Crippen molar-refractivity contribution < 1.29 is 9.59 Å². The molecule has 0 aromatic heterocycles. The summed E-state index contributed by atoms with van der Waals surface area (Å²) >= 11 is 0. The smallest absolute Gasteiger partial charge is 0.253 e. The van der Waals surface area contributed by atoms with E-state index in [0.29, 0.717) is 18.5 Å². The third kappa shape index (κ3) is 5.45. The molecule has 0 aliphatic carbocycles. The van der Waals surface area contributed by atoms with Gasteiger partial charge in [0.1, 0.15) is 0 Å². The summed E-state index contributed by atoms with van der Waals surface area (Å²) in [6.45, 7) is 7.90. The summed E-state index contributed by atoms with van der Waals surface area (Å²) in [6, 6.07) is 7.63. The Kier molecular flexibility index (Phi) is 6.63. The lowest BCUT2D eigenvalue weighted by molar-refractivity contribution is -0.138. The maximum absolute atomic E-state index is 12.4. The molecule has 0 bridgehead atoms. The second kappa shape index (κ2) is 8.52. The fraction of sp³-hybridized carbons (Fsp3) is 0.545. The summed E-state index contributed by atoms with van der Waals surface area (Å²) < 4.78 is 0. The van der Waals surface area contributed by atoms with Gasteiger partial charge in [-0.3, -0.25) is 9.59 Å². The van der Waals surface area contributed by atoms with E-state index < -0.39 is 0 Å². The molecule has 26 heavy (non-hydrogen) atoms. The van der Waals surface area contributed by atoms with Gasteiger partial charge in [0.2, 0.25) is 5.91 Å². The fourth-order valence-electron chi connectivity index (χ4n) is 3.53. The number of likely N-dealkylation sites (tertiary alicyclic amines) is 1. The summed E-state index contributed by atoms with van der Waals surface area (Å²) in [7, 11) is 3.50. The van der Waals surface area contributed by atoms with Crippen LogP contribution in [0.15, 0.2) is 35.9 Å². The quantitative estimate of drug-likeness (QED) is 0.715. The highest BCUT2D eigenvalue weighted by Gasteiger charge is 2.34. The van der Waals surface area contributed by atoms with E-state index in [2.05, 4.69) is 26.8 Å². The van der Waals surface area contributed by atoms with Gasteiger partial charge in [-0.2, -0.15) is 0 Å². The second-order valence-electron chi connectivity index (χ2n) is 8.28. The Morgan fingerprint density at radius 1 is 1.31 bits per heavy atom. The summed E-state index contributed by atoms with van der Waals surface area (Å²) in [5, 5.41) is 0. The summed E-state index contributed by atoms with van der Waals surface area (Å²) in [5.74, 6) is 0.206. The van der Waals surface area contributed by atoms with Gasteiger partial charge in [-0.1, -0.05) is 30.7 Å². The van der Waals surface area contributed by atoms with Gasteiger partial charge < -0.3 is 9.80 Å². The number of carbonyl (C=O) groups excluding carboxylic acids is 2. The maximum atomic E-state index is 12.4. The molecule has 0 radical (unpaired) electrons. The first-order valence-corrected chi connectivity index (χ1v) is 9.42. The van der Waals surface area contributed by atoms with E-state index >= 15 is 0 Å². The van der Waals surface area contributed by atoms with Crippen LogP contribution >= 0.6 is 0 Å². The zero-order chi connectivity index (χ0) is 19.3. The predicted molar refractivity (Wildman–Crippen MR) is 106 cm³/mol. The van der Waals surface area contributed by atoms with Crippen LogP contribution in [0.25, 0.3) is 0 Å². The van der Waals surface area contributed by atoms with Crippen molar-refractivity contribution >= 4 is 11.8 Å². The Morgan fingerprint density at radius 3 is 2.69 bits per heavy atom. The van der Waals surface area contributed by atoms with Crippen molar-refractivity contribution in [2.75, 3.05) is 20.6 Å². The van der Waals surface area contributed by atoms with Gasteiger partial charge in [-0.05, 0) is 56.2 Å². The van der Waals surface area contributed by atoms with E-state index in [0.717, 1.165) is 31.4 Å². The van der Waals surface area contributed by atoms with E-state index in [4.69, 9.17) is 0 Å². The van der Waals surface area contributed by atoms with Crippen molar-refractivity contribution in [2.45, 2.75) is 53.0 Å². The molecule has 2 rings (SSSR count). The lowest BCUT2D eigenvalue weighted by atomic mass is 9.77. The first-order chi connectivity index (χ1) is 12.2. The Hall–Kier alpha value is -2.10. The van der Waals surface area contributed by atoms with Crippen molar-refractivity contribution in [3.05, 3.63) is 47.0 Å². The molecule has 1 saturated heterocycles. The highest BCUT2D eigenvalue weighted by Crippen LogP contribution is 2.35. The van der Waals surface area contributed by atoms with Gasteiger partial charge in [0.15, 0.2) is 0 Å².